The molecule has 1 amide bonds. The maximum absolute atomic E-state index is 12.4. The van der Waals surface area contributed by atoms with E-state index in [2.05, 4.69) is 0 Å². The normalized spacial score (nSPS) is 28.8. The molecule has 0 radical (unpaired) electrons. The summed E-state index contributed by atoms with van der Waals surface area (Å²) >= 11 is 0. The second-order valence-corrected chi connectivity index (χ2v) is 6.69. The van der Waals surface area contributed by atoms with Crippen molar-refractivity contribution in [1.29, 1.82) is 0 Å². The molecule has 124 valence electrons. The molecule has 0 bridgehead atoms. The van der Waals surface area contributed by atoms with Crippen LogP contribution in [0, 0.1) is 5.92 Å². The summed E-state index contributed by atoms with van der Waals surface area (Å²) in [6, 6.07) is -0.865. The Bertz CT molecular complexity index is 469. The lowest BCUT2D eigenvalue weighted by Crippen LogP contribution is -2.48. The van der Waals surface area contributed by atoms with Crippen LogP contribution in [0.4, 0.5) is 4.79 Å². The standard InChI is InChI=1S/C15H23NO6/c1-15(2,3)22-14(19)16-8-9-7-10(17)5-6-21-12(9)11(16)13(18)20-4/h9,11-12H,5-8H2,1-4H3/t9-,11?,12?/m0/s1. The van der Waals surface area contributed by atoms with Gasteiger partial charge in [-0.2, -0.15) is 0 Å². The molecule has 7 nitrogen and oxygen atoms in total. The number of rotatable bonds is 1. The summed E-state index contributed by atoms with van der Waals surface area (Å²) in [6.45, 7) is 5.78. The highest BCUT2D eigenvalue weighted by Crippen LogP contribution is 2.33. The SMILES string of the molecule is COC(=O)C1C2OCCC(=O)C[C@H]2CN1C(=O)OC(C)(C)C. The van der Waals surface area contributed by atoms with E-state index in [-0.39, 0.29) is 24.9 Å². The first-order valence-corrected chi connectivity index (χ1v) is 7.43. The van der Waals surface area contributed by atoms with Crippen LogP contribution in [-0.2, 0) is 23.8 Å². The number of ether oxygens (including phenoxy) is 3. The molecule has 0 aliphatic carbocycles. The third kappa shape index (κ3) is 3.58. The van der Waals surface area contributed by atoms with Crippen molar-refractivity contribution in [2.24, 2.45) is 5.92 Å². The van der Waals surface area contributed by atoms with E-state index < -0.39 is 29.8 Å². The highest BCUT2D eigenvalue weighted by Gasteiger charge is 2.51. The highest BCUT2D eigenvalue weighted by atomic mass is 16.6. The molecular formula is C15H23NO6. The average Bonchev–Trinajstić information content (AvgIpc) is 2.65. The maximum atomic E-state index is 12.4. The van der Waals surface area contributed by atoms with Gasteiger partial charge in [0.15, 0.2) is 6.04 Å². The van der Waals surface area contributed by atoms with Gasteiger partial charge in [-0.25, -0.2) is 9.59 Å². The molecule has 0 aromatic carbocycles. The molecule has 0 aromatic rings. The molecule has 7 heteroatoms. The Labute approximate surface area is 129 Å². The van der Waals surface area contributed by atoms with Crippen molar-refractivity contribution in [3.05, 3.63) is 0 Å². The van der Waals surface area contributed by atoms with Crippen LogP contribution in [0.2, 0.25) is 0 Å². The summed E-state index contributed by atoms with van der Waals surface area (Å²) in [5.41, 5.74) is -0.668. The lowest BCUT2D eigenvalue weighted by molar-refractivity contribution is -0.150. The minimum Gasteiger partial charge on any atom is -0.467 e. The molecule has 2 fully saturated rings. The Hall–Kier alpha value is -1.63. The zero-order valence-corrected chi connectivity index (χ0v) is 13.5. The average molecular weight is 313 g/mol. The summed E-state index contributed by atoms with van der Waals surface area (Å²) in [4.78, 5) is 37.5. The Morgan fingerprint density at radius 1 is 1.32 bits per heavy atom. The highest BCUT2D eigenvalue weighted by molar-refractivity contribution is 5.84. The number of hydrogen-bond donors (Lipinski definition) is 0. The Balaban J connectivity index is 2.23. The molecule has 2 heterocycles. The number of Topliss-reactive ketones (excluding diaryl/α,β-unsaturated/α-hetero) is 1. The number of esters is 1. The quantitative estimate of drug-likeness (QED) is 0.675. The van der Waals surface area contributed by atoms with Gasteiger partial charge in [-0.05, 0) is 20.8 Å². The van der Waals surface area contributed by atoms with Gasteiger partial charge in [-0.1, -0.05) is 0 Å². The number of nitrogens with zero attached hydrogens (tertiary/aromatic N) is 1. The number of ketones is 1. The van der Waals surface area contributed by atoms with E-state index in [1.165, 1.54) is 12.0 Å². The predicted octanol–water partition coefficient (Wildman–Crippen LogP) is 1.14. The molecule has 0 N–H and O–H groups in total. The van der Waals surface area contributed by atoms with E-state index in [4.69, 9.17) is 14.2 Å². The Morgan fingerprint density at radius 3 is 2.59 bits per heavy atom. The lowest BCUT2D eigenvalue weighted by Gasteiger charge is -2.28. The van der Waals surface area contributed by atoms with E-state index in [1.54, 1.807) is 20.8 Å². The van der Waals surface area contributed by atoms with Crippen LogP contribution in [-0.4, -0.2) is 60.8 Å². The van der Waals surface area contributed by atoms with Gasteiger partial charge in [0.2, 0.25) is 0 Å². The molecule has 2 aliphatic heterocycles. The van der Waals surface area contributed by atoms with E-state index in [0.717, 1.165) is 0 Å². The topological polar surface area (TPSA) is 82.1 Å². The summed E-state index contributed by atoms with van der Waals surface area (Å²) < 4.78 is 15.8. The zero-order chi connectivity index (χ0) is 16.5. The van der Waals surface area contributed by atoms with Gasteiger partial charge in [0.05, 0.1) is 19.8 Å². The number of carbonyl (C=O) groups excluding carboxylic acids is 3. The minimum absolute atomic E-state index is 0.0853. The van der Waals surface area contributed by atoms with Gasteiger partial charge >= 0.3 is 12.1 Å². The predicted molar refractivity (Wildman–Crippen MR) is 76.2 cm³/mol. The molecule has 0 spiro atoms. The first-order chi connectivity index (χ1) is 10.2. The van der Waals surface area contributed by atoms with Gasteiger partial charge < -0.3 is 14.2 Å². The molecule has 2 saturated heterocycles. The third-order valence-corrected chi connectivity index (χ3v) is 3.79. The van der Waals surface area contributed by atoms with Crippen molar-refractivity contribution < 1.29 is 28.6 Å². The fourth-order valence-corrected chi connectivity index (χ4v) is 2.91. The van der Waals surface area contributed by atoms with Crippen LogP contribution in [0.1, 0.15) is 33.6 Å². The van der Waals surface area contributed by atoms with Gasteiger partial charge in [0.1, 0.15) is 11.4 Å². The number of hydrogen-bond acceptors (Lipinski definition) is 6. The summed E-state index contributed by atoms with van der Waals surface area (Å²) in [5.74, 6) is -0.665. The van der Waals surface area contributed by atoms with E-state index >= 15 is 0 Å². The first kappa shape index (κ1) is 16.7. The second kappa shape index (κ2) is 6.24. The smallest absolute Gasteiger partial charge is 0.411 e. The van der Waals surface area contributed by atoms with Crippen LogP contribution in [0.3, 0.4) is 0 Å². The van der Waals surface area contributed by atoms with Gasteiger partial charge in [-0.15, -0.1) is 0 Å². The Kier molecular flexibility index (Phi) is 4.75. The second-order valence-electron chi connectivity index (χ2n) is 6.69. The molecule has 2 rings (SSSR count). The largest absolute Gasteiger partial charge is 0.467 e. The molecule has 2 unspecified atom stereocenters. The fraction of sp³-hybridized carbons (Fsp3) is 0.800. The van der Waals surface area contributed by atoms with Crippen molar-refractivity contribution in [2.75, 3.05) is 20.3 Å². The van der Waals surface area contributed by atoms with Gasteiger partial charge in [0.25, 0.3) is 0 Å². The zero-order valence-electron chi connectivity index (χ0n) is 13.5. The Morgan fingerprint density at radius 2 is 2.00 bits per heavy atom. The van der Waals surface area contributed by atoms with Crippen LogP contribution >= 0.6 is 0 Å². The lowest BCUT2D eigenvalue weighted by atomic mass is 9.96. The van der Waals surface area contributed by atoms with Crippen LogP contribution in [0.25, 0.3) is 0 Å². The summed E-state index contributed by atoms with van der Waals surface area (Å²) in [5, 5.41) is 0. The van der Waals surface area contributed by atoms with Crippen LogP contribution in [0.5, 0.6) is 0 Å². The molecule has 22 heavy (non-hydrogen) atoms. The fourth-order valence-electron chi connectivity index (χ4n) is 2.91. The van der Waals surface area contributed by atoms with Crippen molar-refractivity contribution >= 4 is 17.8 Å². The van der Waals surface area contributed by atoms with Crippen molar-refractivity contribution in [3.63, 3.8) is 0 Å². The van der Waals surface area contributed by atoms with Crippen molar-refractivity contribution in [2.45, 2.75) is 51.4 Å². The summed E-state index contributed by atoms with van der Waals surface area (Å²) in [6.07, 6.45) is -0.469. The monoisotopic (exact) mass is 313 g/mol. The van der Waals surface area contributed by atoms with Gasteiger partial charge in [0, 0.05) is 25.3 Å². The van der Waals surface area contributed by atoms with E-state index in [9.17, 15) is 14.4 Å². The molecule has 3 atom stereocenters. The molecule has 2 aliphatic rings. The van der Waals surface area contributed by atoms with Crippen LogP contribution < -0.4 is 0 Å². The number of carbonyl (C=O) groups is 3. The summed E-state index contributed by atoms with van der Waals surface area (Å²) in [7, 11) is 1.27. The van der Waals surface area contributed by atoms with Crippen molar-refractivity contribution in [1.82, 2.24) is 4.90 Å². The van der Waals surface area contributed by atoms with E-state index in [0.29, 0.717) is 12.8 Å². The first-order valence-electron chi connectivity index (χ1n) is 7.43. The number of methoxy groups -OCH3 is 1. The van der Waals surface area contributed by atoms with Gasteiger partial charge in [-0.3, -0.25) is 9.69 Å². The van der Waals surface area contributed by atoms with Crippen molar-refractivity contribution in [3.8, 4) is 0 Å². The van der Waals surface area contributed by atoms with Crippen LogP contribution in [0.15, 0.2) is 0 Å². The third-order valence-electron chi connectivity index (χ3n) is 3.79. The number of fused-ring (bicyclic) bond motifs is 1. The maximum Gasteiger partial charge on any atom is 0.411 e. The number of likely N-dealkylation sites (tertiary alicyclic amines) is 1. The molecular weight excluding hydrogens is 290 g/mol. The minimum atomic E-state index is -0.865. The molecule has 0 saturated carbocycles. The number of amides is 1. The van der Waals surface area contributed by atoms with E-state index in [1.807, 2.05) is 0 Å². The molecule has 0 aromatic heterocycles.